The van der Waals surface area contributed by atoms with Crippen LogP contribution < -0.4 is 15.4 Å². The summed E-state index contributed by atoms with van der Waals surface area (Å²) in [5, 5.41) is 5.18. The molecule has 6 nitrogen and oxygen atoms in total. The highest BCUT2D eigenvalue weighted by atomic mass is 19.3. The van der Waals surface area contributed by atoms with E-state index in [1.807, 2.05) is 0 Å². The molecule has 0 spiro atoms. The van der Waals surface area contributed by atoms with E-state index in [0.29, 0.717) is 11.4 Å². The molecule has 0 radical (unpaired) electrons. The Balaban J connectivity index is 1.77. The number of likely N-dealkylation sites (N-methyl/N-ethyl adjacent to an activating group) is 1. The predicted molar refractivity (Wildman–Crippen MR) is 94.2 cm³/mol. The molecule has 144 valence electrons. The lowest BCUT2D eigenvalue weighted by molar-refractivity contribution is -0.119. The molecule has 0 saturated carbocycles. The van der Waals surface area contributed by atoms with E-state index in [1.54, 1.807) is 7.05 Å². The van der Waals surface area contributed by atoms with E-state index in [-0.39, 0.29) is 30.7 Å². The lowest BCUT2D eigenvalue weighted by Gasteiger charge is -2.16. The van der Waals surface area contributed by atoms with E-state index in [0.717, 1.165) is 0 Å². The van der Waals surface area contributed by atoms with Gasteiger partial charge in [0, 0.05) is 11.4 Å². The zero-order chi connectivity index (χ0) is 19.8. The van der Waals surface area contributed by atoms with Gasteiger partial charge >= 0.3 is 6.61 Å². The van der Waals surface area contributed by atoms with Crippen LogP contribution in [0.25, 0.3) is 0 Å². The molecule has 27 heavy (non-hydrogen) atoms. The molecule has 2 aromatic carbocycles. The second-order valence-corrected chi connectivity index (χ2v) is 5.68. The minimum atomic E-state index is -2.92. The van der Waals surface area contributed by atoms with Gasteiger partial charge in [-0.05, 0) is 55.6 Å². The van der Waals surface area contributed by atoms with Crippen molar-refractivity contribution in [3.63, 3.8) is 0 Å². The summed E-state index contributed by atoms with van der Waals surface area (Å²) in [6.07, 6.45) is 0. The van der Waals surface area contributed by atoms with Gasteiger partial charge in [-0.2, -0.15) is 8.78 Å². The average molecular weight is 381 g/mol. The molecule has 0 atom stereocenters. The first kappa shape index (κ1) is 20.2. The van der Waals surface area contributed by atoms with Crippen LogP contribution in [-0.4, -0.2) is 43.5 Å². The van der Waals surface area contributed by atoms with E-state index in [1.165, 1.54) is 53.4 Å². The maximum atomic E-state index is 12.8. The summed E-state index contributed by atoms with van der Waals surface area (Å²) in [5.74, 6) is -1.16. The monoisotopic (exact) mass is 381 g/mol. The maximum Gasteiger partial charge on any atom is 0.387 e. The van der Waals surface area contributed by atoms with Gasteiger partial charge < -0.3 is 15.4 Å². The third-order valence-corrected chi connectivity index (χ3v) is 3.32. The number of benzene rings is 2. The van der Waals surface area contributed by atoms with Crippen LogP contribution in [0.2, 0.25) is 0 Å². The van der Waals surface area contributed by atoms with Crippen molar-refractivity contribution in [3.05, 3.63) is 54.3 Å². The highest BCUT2D eigenvalue weighted by Gasteiger charge is 2.12. The van der Waals surface area contributed by atoms with E-state index < -0.39 is 12.4 Å². The first-order valence-corrected chi connectivity index (χ1v) is 7.90. The maximum absolute atomic E-state index is 12.8. The van der Waals surface area contributed by atoms with E-state index >= 15 is 0 Å². The number of nitrogens with zero attached hydrogens (tertiary/aromatic N) is 1. The average Bonchev–Trinajstić information content (AvgIpc) is 2.58. The number of carbonyl (C=O) groups excluding carboxylic acids is 2. The fraction of sp³-hybridized carbons (Fsp3) is 0.222. The smallest absolute Gasteiger partial charge is 0.387 e. The van der Waals surface area contributed by atoms with Gasteiger partial charge in [0.25, 0.3) is 0 Å². The van der Waals surface area contributed by atoms with Crippen LogP contribution in [0, 0.1) is 5.82 Å². The van der Waals surface area contributed by atoms with Crippen LogP contribution in [-0.2, 0) is 9.59 Å². The Morgan fingerprint density at radius 2 is 1.37 bits per heavy atom. The number of nitrogens with one attached hydrogen (secondary N) is 2. The number of hydrogen-bond acceptors (Lipinski definition) is 4. The second-order valence-electron chi connectivity index (χ2n) is 5.68. The van der Waals surface area contributed by atoms with Crippen LogP contribution in [0.3, 0.4) is 0 Å². The molecule has 0 aromatic heterocycles. The molecule has 2 N–H and O–H groups in total. The Labute approximate surface area is 153 Å². The third kappa shape index (κ3) is 7.37. The standard InChI is InChI=1S/C18H18F3N3O3/c1-24(10-16(25)22-13-4-2-12(19)3-5-13)11-17(26)23-14-6-8-15(9-7-14)27-18(20)21/h2-9,18H,10-11H2,1H3,(H,22,25)(H,23,26). The molecule has 0 aliphatic carbocycles. The van der Waals surface area contributed by atoms with E-state index in [2.05, 4.69) is 15.4 Å². The molecular formula is C18H18F3N3O3. The topological polar surface area (TPSA) is 70.7 Å². The molecule has 0 aliphatic rings. The number of carbonyl (C=O) groups is 2. The number of alkyl halides is 2. The SMILES string of the molecule is CN(CC(=O)Nc1ccc(F)cc1)CC(=O)Nc1ccc(OC(F)F)cc1. The van der Waals surface area contributed by atoms with Crippen LogP contribution in [0.5, 0.6) is 5.75 Å². The van der Waals surface area contributed by atoms with Gasteiger partial charge in [-0.15, -0.1) is 0 Å². The Morgan fingerprint density at radius 1 is 0.926 bits per heavy atom. The molecule has 9 heteroatoms. The van der Waals surface area contributed by atoms with Crippen LogP contribution in [0.15, 0.2) is 48.5 Å². The Hall–Kier alpha value is -3.07. The fourth-order valence-corrected chi connectivity index (χ4v) is 2.20. The third-order valence-electron chi connectivity index (χ3n) is 3.32. The van der Waals surface area contributed by atoms with Crippen LogP contribution in [0.4, 0.5) is 24.5 Å². The summed E-state index contributed by atoms with van der Waals surface area (Å²) >= 11 is 0. The minimum Gasteiger partial charge on any atom is -0.435 e. The summed E-state index contributed by atoms with van der Waals surface area (Å²) in [4.78, 5) is 25.4. The summed E-state index contributed by atoms with van der Waals surface area (Å²) in [7, 11) is 1.59. The van der Waals surface area contributed by atoms with Gasteiger partial charge in [0.05, 0.1) is 13.1 Å². The normalized spacial score (nSPS) is 10.7. The molecule has 0 aliphatic heterocycles. The van der Waals surface area contributed by atoms with Crippen molar-refractivity contribution in [2.45, 2.75) is 6.61 Å². The number of ether oxygens (including phenoxy) is 1. The first-order chi connectivity index (χ1) is 12.8. The van der Waals surface area contributed by atoms with Crippen LogP contribution >= 0.6 is 0 Å². The highest BCUT2D eigenvalue weighted by molar-refractivity contribution is 5.94. The second kappa shape index (κ2) is 9.58. The summed E-state index contributed by atoms with van der Waals surface area (Å²) in [6, 6.07) is 10.8. The molecule has 0 saturated heterocycles. The molecule has 2 rings (SSSR count). The molecule has 0 bridgehead atoms. The minimum absolute atomic E-state index is 0.0161. The summed E-state index contributed by atoms with van der Waals surface area (Å²) < 4.78 is 41.2. The van der Waals surface area contributed by atoms with Gasteiger partial charge in [0.15, 0.2) is 0 Å². The Bertz CT molecular complexity index is 768. The lowest BCUT2D eigenvalue weighted by Crippen LogP contribution is -2.36. The van der Waals surface area contributed by atoms with Crippen molar-refractivity contribution in [1.82, 2.24) is 4.90 Å². The zero-order valence-corrected chi connectivity index (χ0v) is 14.4. The van der Waals surface area contributed by atoms with Gasteiger partial charge in [0.1, 0.15) is 11.6 Å². The van der Waals surface area contributed by atoms with E-state index in [9.17, 15) is 22.8 Å². The van der Waals surface area contributed by atoms with Gasteiger partial charge in [0.2, 0.25) is 11.8 Å². The summed E-state index contributed by atoms with van der Waals surface area (Å²) in [6.45, 7) is -3.03. The number of amides is 2. The highest BCUT2D eigenvalue weighted by Crippen LogP contribution is 2.17. The lowest BCUT2D eigenvalue weighted by atomic mass is 10.3. The van der Waals surface area contributed by atoms with Gasteiger partial charge in [-0.25, -0.2) is 4.39 Å². The fourth-order valence-electron chi connectivity index (χ4n) is 2.20. The van der Waals surface area contributed by atoms with E-state index in [4.69, 9.17) is 0 Å². The molecule has 0 fully saturated rings. The van der Waals surface area contributed by atoms with Crippen LogP contribution in [0.1, 0.15) is 0 Å². The Morgan fingerprint density at radius 3 is 1.81 bits per heavy atom. The Kier molecular flexibility index (Phi) is 7.18. The van der Waals surface area contributed by atoms with Gasteiger partial charge in [-0.3, -0.25) is 14.5 Å². The predicted octanol–water partition coefficient (Wildman–Crippen LogP) is 2.94. The summed E-state index contributed by atoms with van der Waals surface area (Å²) in [5.41, 5.74) is 0.858. The van der Waals surface area contributed by atoms with Crippen molar-refractivity contribution in [2.24, 2.45) is 0 Å². The van der Waals surface area contributed by atoms with Crippen molar-refractivity contribution >= 4 is 23.2 Å². The number of halogens is 3. The zero-order valence-electron chi connectivity index (χ0n) is 14.4. The number of anilines is 2. The number of rotatable bonds is 8. The van der Waals surface area contributed by atoms with Crippen molar-refractivity contribution in [1.29, 1.82) is 0 Å². The van der Waals surface area contributed by atoms with Crippen molar-refractivity contribution < 1.29 is 27.5 Å². The molecule has 2 aromatic rings. The molecule has 0 heterocycles. The molecular weight excluding hydrogens is 363 g/mol. The van der Waals surface area contributed by atoms with Crippen molar-refractivity contribution in [3.8, 4) is 5.75 Å². The largest absolute Gasteiger partial charge is 0.435 e. The van der Waals surface area contributed by atoms with Gasteiger partial charge in [-0.1, -0.05) is 0 Å². The quantitative estimate of drug-likeness (QED) is 0.738. The number of hydrogen-bond donors (Lipinski definition) is 2. The first-order valence-electron chi connectivity index (χ1n) is 7.90. The molecule has 2 amide bonds. The van der Waals surface area contributed by atoms with Crippen molar-refractivity contribution in [2.75, 3.05) is 30.8 Å². The molecule has 0 unspecified atom stereocenters.